The van der Waals surface area contributed by atoms with Crippen LogP contribution in [-0.2, 0) is 10.8 Å². The summed E-state index contributed by atoms with van der Waals surface area (Å²) in [5, 5.41) is 9.01. The minimum atomic E-state index is -1.26. The highest BCUT2D eigenvalue weighted by Gasteiger charge is 2.32. The van der Waals surface area contributed by atoms with Gasteiger partial charge >= 0.3 is 0 Å². The van der Waals surface area contributed by atoms with Gasteiger partial charge in [-0.1, -0.05) is 187 Å². The van der Waals surface area contributed by atoms with E-state index in [2.05, 4.69) is 187 Å². The van der Waals surface area contributed by atoms with Crippen LogP contribution in [0.4, 0.5) is 0 Å². The summed E-state index contributed by atoms with van der Waals surface area (Å²) in [6.45, 7) is 13.6. The number of fused-ring (bicyclic) bond motifs is 3. The molecule has 5 heteroatoms. The second-order valence-electron chi connectivity index (χ2n) is 16.0. The lowest BCUT2D eigenvalue weighted by Gasteiger charge is -2.31. The van der Waals surface area contributed by atoms with Crippen LogP contribution in [0, 0.1) is 0 Å². The Morgan fingerprint density at radius 2 is 0.855 bits per heavy atom. The predicted octanol–water partition coefficient (Wildman–Crippen LogP) is 13.8. The standard InChI is InChI=1S/C50H46O3P2/c1-49(2,3)42-32-35-21-14-17-29-40(35)45(47(42)52-54-51-44-31-19-23-34-20-13-16-28-39(34)44)46-41-30-18-15-22-36(41)33-43(50(4,5)6)48(46)53-55(37-24-9-7-10-25-37)38-26-11-8-12-27-38/h7-33,54H,1-6H3. The smallest absolute Gasteiger partial charge is 0.275 e. The molecule has 8 rings (SSSR count). The van der Waals surface area contributed by atoms with E-state index in [0.717, 1.165) is 82.4 Å². The van der Waals surface area contributed by atoms with Crippen molar-refractivity contribution in [1.82, 2.24) is 0 Å². The van der Waals surface area contributed by atoms with Crippen LogP contribution < -0.4 is 24.2 Å². The number of hydrogen-bond acceptors (Lipinski definition) is 3. The van der Waals surface area contributed by atoms with Gasteiger partial charge in [0.1, 0.15) is 17.2 Å². The van der Waals surface area contributed by atoms with Crippen LogP contribution in [0.3, 0.4) is 0 Å². The van der Waals surface area contributed by atoms with Gasteiger partial charge in [0.05, 0.1) is 0 Å². The summed E-state index contributed by atoms with van der Waals surface area (Å²) in [4.78, 5) is 0. The van der Waals surface area contributed by atoms with Gasteiger partial charge in [0.25, 0.3) is 9.03 Å². The minimum absolute atomic E-state index is 0.250. The molecule has 55 heavy (non-hydrogen) atoms. The molecule has 0 saturated heterocycles. The summed E-state index contributed by atoms with van der Waals surface area (Å²) in [6.07, 6.45) is 0. The second-order valence-corrected chi connectivity index (χ2v) is 18.4. The lowest BCUT2D eigenvalue weighted by atomic mass is 9.79. The summed E-state index contributed by atoms with van der Waals surface area (Å²) in [6, 6.07) is 57.8. The largest absolute Gasteiger partial charge is 0.464 e. The Morgan fingerprint density at radius 3 is 1.40 bits per heavy atom. The van der Waals surface area contributed by atoms with E-state index in [9.17, 15) is 0 Å². The molecule has 0 aromatic heterocycles. The van der Waals surface area contributed by atoms with E-state index in [1.54, 1.807) is 0 Å². The van der Waals surface area contributed by atoms with Crippen molar-refractivity contribution >= 4 is 60.1 Å². The first-order valence-electron chi connectivity index (χ1n) is 18.9. The third-order valence-corrected chi connectivity index (χ3v) is 12.6. The van der Waals surface area contributed by atoms with Crippen molar-refractivity contribution in [2.45, 2.75) is 52.4 Å². The van der Waals surface area contributed by atoms with Gasteiger partial charge in [0.2, 0.25) is 0 Å². The van der Waals surface area contributed by atoms with E-state index in [-0.39, 0.29) is 19.9 Å². The molecule has 0 amide bonds. The van der Waals surface area contributed by atoms with E-state index in [1.807, 2.05) is 18.2 Å². The minimum Gasteiger partial charge on any atom is -0.464 e. The summed E-state index contributed by atoms with van der Waals surface area (Å²) < 4.78 is 21.3. The van der Waals surface area contributed by atoms with Crippen LogP contribution in [-0.4, -0.2) is 0 Å². The molecule has 0 saturated carbocycles. The maximum Gasteiger partial charge on any atom is 0.275 e. The normalized spacial score (nSPS) is 12.3. The second kappa shape index (κ2) is 15.1. The first-order chi connectivity index (χ1) is 26.6. The van der Waals surface area contributed by atoms with Gasteiger partial charge in [-0.2, -0.15) is 0 Å². The van der Waals surface area contributed by atoms with Gasteiger partial charge in [0, 0.05) is 38.2 Å². The zero-order valence-electron chi connectivity index (χ0n) is 32.3. The fraction of sp³-hybridized carbons (Fsp3) is 0.160. The van der Waals surface area contributed by atoms with Gasteiger partial charge in [-0.15, -0.1) is 0 Å². The molecule has 1 atom stereocenters. The molecule has 0 heterocycles. The lowest BCUT2D eigenvalue weighted by Crippen LogP contribution is -2.19. The zero-order chi connectivity index (χ0) is 38.2. The topological polar surface area (TPSA) is 27.7 Å². The van der Waals surface area contributed by atoms with Crippen LogP contribution in [0.1, 0.15) is 52.7 Å². The lowest BCUT2D eigenvalue weighted by molar-refractivity contribution is 0.496. The molecule has 0 bridgehead atoms. The number of hydrogen-bond donors (Lipinski definition) is 0. The van der Waals surface area contributed by atoms with Crippen molar-refractivity contribution in [3.8, 4) is 28.4 Å². The van der Waals surface area contributed by atoms with Crippen LogP contribution >= 0.6 is 17.2 Å². The molecule has 0 aliphatic carbocycles. The van der Waals surface area contributed by atoms with Crippen LogP contribution in [0.25, 0.3) is 43.4 Å². The van der Waals surface area contributed by atoms with Crippen LogP contribution in [0.15, 0.2) is 164 Å². The Bertz CT molecular complexity index is 2580. The molecular weight excluding hydrogens is 710 g/mol. The van der Waals surface area contributed by atoms with Gasteiger partial charge in [0.15, 0.2) is 8.15 Å². The van der Waals surface area contributed by atoms with Crippen molar-refractivity contribution < 1.29 is 13.6 Å². The molecule has 8 aromatic rings. The highest BCUT2D eigenvalue weighted by atomic mass is 31.1. The molecule has 0 aliphatic heterocycles. The Morgan fingerprint density at radius 1 is 0.418 bits per heavy atom. The number of rotatable bonds is 9. The maximum absolute atomic E-state index is 7.67. The first-order valence-corrected chi connectivity index (χ1v) is 20.9. The zero-order valence-corrected chi connectivity index (χ0v) is 34.2. The predicted molar refractivity (Wildman–Crippen MR) is 238 cm³/mol. The van der Waals surface area contributed by atoms with E-state index >= 15 is 0 Å². The van der Waals surface area contributed by atoms with Crippen molar-refractivity contribution in [2.24, 2.45) is 0 Å². The molecule has 0 spiro atoms. The first kappa shape index (κ1) is 36.8. The quantitative estimate of drug-likeness (QED) is 0.137. The molecule has 0 fully saturated rings. The summed E-state index contributed by atoms with van der Waals surface area (Å²) in [7, 11) is -1.54. The average molecular weight is 757 g/mol. The summed E-state index contributed by atoms with van der Waals surface area (Å²) in [5.41, 5.74) is 3.81. The van der Waals surface area contributed by atoms with E-state index in [4.69, 9.17) is 13.6 Å². The van der Waals surface area contributed by atoms with Gasteiger partial charge in [-0.3, -0.25) is 0 Å². The molecule has 274 valence electrons. The van der Waals surface area contributed by atoms with E-state index in [1.165, 1.54) is 0 Å². The Balaban J connectivity index is 1.42. The van der Waals surface area contributed by atoms with Crippen molar-refractivity contribution in [3.63, 3.8) is 0 Å². The highest BCUT2D eigenvalue weighted by molar-refractivity contribution is 7.68. The molecule has 0 aliphatic rings. The monoisotopic (exact) mass is 756 g/mol. The van der Waals surface area contributed by atoms with Crippen molar-refractivity contribution in [2.75, 3.05) is 0 Å². The molecule has 1 unspecified atom stereocenters. The molecular formula is C50H46O3P2. The maximum atomic E-state index is 7.67. The van der Waals surface area contributed by atoms with E-state index in [0.29, 0.717) is 0 Å². The molecule has 0 N–H and O–H groups in total. The summed E-state index contributed by atoms with van der Waals surface area (Å²) >= 11 is 0. The third kappa shape index (κ3) is 7.45. The van der Waals surface area contributed by atoms with E-state index < -0.39 is 8.15 Å². The summed E-state index contributed by atoms with van der Waals surface area (Å²) in [5.74, 6) is 2.50. The SMILES string of the molecule is CC(C)(C)c1cc2ccccc2c(-c2c(OP(c3ccccc3)c3ccccc3)c(C(C)(C)C)cc3ccccc23)c1OPOc1cccc2ccccc12. The highest BCUT2D eigenvalue weighted by Crippen LogP contribution is 2.55. The molecule has 3 nitrogen and oxygen atoms in total. The molecule has 8 aromatic carbocycles. The van der Waals surface area contributed by atoms with Crippen molar-refractivity contribution in [1.29, 1.82) is 0 Å². The molecule has 0 radical (unpaired) electrons. The third-order valence-electron chi connectivity index (χ3n) is 10.1. The Kier molecular flexibility index (Phi) is 10.1. The van der Waals surface area contributed by atoms with Gasteiger partial charge in [-0.05, 0) is 56.0 Å². The van der Waals surface area contributed by atoms with Crippen LogP contribution in [0.2, 0.25) is 0 Å². The average Bonchev–Trinajstić information content (AvgIpc) is 3.19. The van der Waals surface area contributed by atoms with Crippen molar-refractivity contribution in [3.05, 3.63) is 175 Å². The fourth-order valence-electron chi connectivity index (χ4n) is 7.33. The fourth-order valence-corrected chi connectivity index (χ4v) is 9.71. The van der Waals surface area contributed by atoms with Crippen LogP contribution in [0.5, 0.6) is 17.2 Å². The van der Waals surface area contributed by atoms with Gasteiger partial charge in [-0.25, -0.2) is 0 Å². The number of benzene rings is 8. The van der Waals surface area contributed by atoms with Gasteiger partial charge < -0.3 is 13.6 Å². The Labute approximate surface area is 328 Å². The Hall–Kier alpha value is -5.20.